The van der Waals surface area contributed by atoms with Gasteiger partial charge in [-0.3, -0.25) is 9.69 Å². The number of piperazine rings is 1. The van der Waals surface area contributed by atoms with Gasteiger partial charge < -0.3 is 14.4 Å². The maximum atomic E-state index is 12.8. The molecule has 176 valence electrons. The summed E-state index contributed by atoms with van der Waals surface area (Å²) in [6, 6.07) is 24.3. The van der Waals surface area contributed by atoms with Crippen LogP contribution in [-0.2, 0) is 17.9 Å². The number of aryl methyl sites for hydroxylation is 1. The standard InChI is InChI=1S/C29H32N2O3/c1-23-8-12-27(13-9-23)34-22-26-20-24(10-14-28(26)33-2)11-15-29(32)31-18-16-30(17-19-31)21-25-6-4-3-5-7-25/h3-15,20H,16-19,21-22H2,1-2H3/b15-11+. The van der Waals surface area contributed by atoms with Crippen LogP contribution in [-0.4, -0.2) is 49.0 Å². The van der Waals surface area contributed by atoms with Gasteiger partial charge >= 0.3 is 0 Å². The maximum Gasteiger partial charge on any atom is 0.246 e. The van der Waals surface area contributed by atoms with Crippen LogP contribution < -0.4 is 9.47 Å². The lowest BCUT2D eigenvalue weighted by Gasteiger charge is -2.34. The molecule has 3 aromatic rings. The quantitative estimate of drug-likeness (QED) is 0.450. The predicted molar refractivity (Wildman–Crippen MR) is 136 cm³/mol. The highest BCUT2D eigenvalue weighted by Gasteiger charge is 2.19. The van der Waals surface area contributed by atoms with E-state index in [-0.39, 0.29) is 5.91 Å². The van der Waals surface area contributed by atoms with Crippen LogP contribution in [0.2, 0.25) is 0 Å². The fourth-order valence-electron chi connectivity index (χ4n) is 4.05. The van der Waals surface area contributed by atoms with Crippen molar-refractivity contribution < 1.29 is 14.3 Å². The topological polar surface area (TPSA) is 42.0 Å². The Morgan fingerprint density at radius 1 is 0.941 bits per heavy atom. The third-order valence-corrected chi connectivity index (χ3v) is 6.07. The van der Waals surface area contributed by atoms with Crippen LogP contribution in [0.15, 0.2) is 78.9 Å². The molecule has 0 radical (unpaired) electrons. The van der Waals surface area contributed by atoms with Crippen LogP contribution in [0.4, 0.5) is 0 Å². The van der Waals surface area contributed by atoms with E-state index in [1.807, 2.05) is 59.5 Å². The molecule has 3 aromatic carbocycles. The van der Waals surface area contributed by atoms with Gasteiger partial charge in [-0.15, -0.1) is 0 Å². The molecule has 1 fully saturated rings. The van der Waals surface area contributed by atoms with Gasteiger partial charge in [0.2, 0.25) is 5.91 Å². The number of nitrogens with zero attached hydrogens (tertiary/aromatic N) is 2. The molecule has 1 heterocycles. The Morgan fingerprint density at radius 2 is 1.68 bits per heavy atom. The smallest absolute Gasteiger partial charge is 0.246 e. The summed E-state index contributed by atoms with van der Waals surface area (Å²) in [5, 5.41) is 0. The monoisotopic (exact) mass is 456 g/mol. The third-order valence-electron chi connectivity index (χ3n) is 6.07. The molecule has 5 nitrogen and oxygen atoms in total. The van der Waals surface area contributed by atoms with Crippen molar-refractivity contribution in [2.24, 2.45) is 0 Å². The number of ether oxygens (including phenoxy) is 2. The molecule has 1 saturated heterocycles. The van der Waals surface area contributed by atoms with Crippen LogP contribution in [0.5, 0.6) is 11.5 Å². The largest absolute Gasteiger partial charge is 0.496 e. The summed E-state index contributed by atoms with van der Waals surface area (Å²) in [5.41, 5.74) is 4.38. The summed E-state index contributed by atoms with van der Waals surface area (Å²) in [5.74, 6) is 1.63. The van der Waals surface area contributed by atoms with Crippen LogP contribution in [0, 0.1) is 6.92 Å². The van der Waals surface area contributed by atoms with E-state index in [1.54, 1.807) is 13.2 Å². The second-order valence-corrected chi connectivity index (χ2v) is 8.59. The Hall–Kier alpha value is -3.57. The first kappa shape index (κ1) is 23.6. The molecule has 0 aliphatic carbocycles. The Bertz CT molecular complexity index is 1100. The predicted octanol–water partition coefficient (Wildman–Crippen LogP) is 4.94. The van der Waals surface area contributed by atoms with Crippen molar-refractivity contribution in [1.29, 1.82) is 0 Å². The van der Waals surface area contributed by atoms with Gasteiger partial charge in [0.05, 0.1) is 7.11 Å². The lowest BCUT2D eigenvalue weighted by molar-refractivity contribution is -0.127. The van der Waals surface area contributed by atoms with Crippen molar-refractivity contribution >= 4 is 12.0 Å². The molecule has 1 amide bonds. The van der Waals surface area contributed by atoms with Gasteiger partial charge in [0.25, 0.3) is 0 Å². The first-order valence-electron chi connectivity index (χ1n) is 11.7. The van der Waals surface area contributed by atoms with Gasteiger partial charge in [-0.05, 0) is 48.4 Å². The highest BCUT2D eigenvalue weighted by Crippen LogP contribution is 2.23. The summed E-state index contributed by atoms with van der Waals surface area (Å²) in [6.07, 6.45) is 3.53. The lowest BCUT2D eigenvalue weighted by Crippen LogP contribution is -2.47. The second kappa shape index (κ2) is 11.5. The Kier molecular flexibility index (Phi) is 7.99. The van der Waals surface area contributed by atoms with Crippen molar-refractivity contribution in [3.8, 4) is 11.5 Å². The van der Waals surface area contributed by atoms with Crippen molar-refractivity contribution in [3.05, 3.63) is 101 Å². The minimum atomic E-state index is 0.0487. The number of hydrogen-bond donors (Lipinski definition) is 0. The lowest BCUT2D eigenvalue weighted by atomic mass is 10.1. The number of amides is 1. The molecule has 0 N–H and O–H groups in total. The SMILES string of the molecule is COc1ccc(/C=C/C(=O)N2CCN(Cc3ccccc3)CC2)cc1COc1ccc(C)cc1. The first-order chi connectivity index (χ1) is 16.6. The summed E-state index contributed by atoms with van der Waals surface area (Å²) in [6.45, 7) is 6.63. The van der Waals surface area contributed by atoms with Crippen molar-refractivity contribution in [1.82, 2.24) is 9.80 Å². The minimum Gasteiger partial charge on any atom is -0.496 e. The molecule has 0 bridgehead atoms. The molecule has 1 aliphatic heterocycles. The third kappa shape index (κ3) is 6.49. The van der Waals surface area contributed by atoms with Crippen LogP contribution >= 0.6 is 0 Å². The second-order valence-electron chi connectivity index (χ2n) is 8.59. The zero-order valence-corrected chi connectivity index (χ0v) is 19.9. The van der Waals surface area contributed by atoms with E-state index in [0.717, 1.165) is 55.3 Å². The van der Waals surface area contributed by atoms with E-state index in [4.69, 9.17) is 9.47 Å². The average Bonchev–Trinajstić information content (AvgIpc) is 2.88. The van der Waals surface area contributed by atoms with Crippen LogP contribution in [0.25, 0.3) is 6.08 Å². The number of methoxy groups -OCH3 is 1. The van der Waals surface area contributed by atoms with E-state index in [9.17, 15) is 4.79 Å². The molecule has 4 rings (SSSR count). The average molecular weight is 457 g/mol. The van der Waals surface area contributed by atoms with Gasteiger partial charge in [-0.1, -0.05) is 54.1 Å². The van der Waals surface area contributed by atoms with Crippen molar-refractivity contribution in [2.75, 3.05) is 33.3 Å². The number of carbonyl (C=O) groups is 1. The van der Waals surface area contributed by atoms with E-state index < -0.39 is 0 Å². The molecule has 0 saturated carbocycles. The zero-order chi connectivity index (χ0) is 23.8. The van der Waals surface area contributed by atoms with Crippen molar-refractivity contribution in [3.63, 3.8) is 0 Å². The highest BCUT2D eigenvalue weighted by molar-refractivity contribution is 5.91. The minimum absolute atomic E-state index is 0.0487. The molecular weight excluding hydrogens is 424 g/mol. The molecule has 34 heavy (non-hydrogen) atoms. The number of carbonyl (C=O) groups excluding carboxylic acids is 1. The Morgan fingerprint density at radius 3 is 2.38 bits per heavy atom. The van der Waals surface area contributed by atoms with E-state index in [0.29, 0.717) is 6.61 Å². The number of hydrogen-bond acceptors (Lipinski definition) is 4. The van der Waals surface area contributed by atoms with Gasteiger partial charge in [-0.2, -0.15) is 0 Å². The summed E-state index contributed by atoms with van der Waals surface area (Å²) in [4.78, 5) is 17.1. The first-order valence-corrected chi connectivity index (χ1v) is 11.7. The Labute approximate surface area is 202 Å². The van der Waals surface area contributed by atoms with Gasteiger partial charge in [0.1, 0.15) is 18.1 Å². The molecule has 1 aliphatic rings. The molecule has 5 heteroatoms. The molecule has 0 atom stereocenters. The molecule has 0 aromatic heterocycles. The summed E-state index contributed by atoms with van der Waals surface area (Å²) >= 11 is 0. The van der Waals surface area contributed by atoms with Gasteiger partial charge in [0.15, 0.2) is 0 Å². The number of rotatable bonds is 8. The van der Waals surface area contributed by atoms with E-state index in [2.05, 4.69) is 36.1 Å². The fraction of sp³-hybridized carbons (Fsp3) is 0.276. The van der Waals surface area contributed by atoms with Gasteiger partial charge in [-0.25, -0.2) is 0 Å². The zero-order valence-electron chi connectivity index (χ0n) is 19.9. The fourth-order valence-corrected chi connectivity index (χ4v) is 4.05. The normalized spacial score (nSPS) is 14.4. The van der Waals surface area contributed by atoms with Gasteiger partial charge in [0, 0.05) is 44.4 Å². The molecule has 0 spiro atoms. The van der Waals surface area contributed by atoms with Crippen molar-refractivity contribution in [2.45, 2.75) is 20.1 Å². The Balaban J connectivity index is 1.32. The summed E-state index contributed by atoms with van der Waals surface area (Å²) < 4.78 is 11.4. The van der Waals surface area contributed by atoms with Crippen LogP contribution in [0.3, 0.4) is 0 Å². The van der Waals surface area contributed by atoms with E-state index in [1.165, 1.54) is 11.1 Å². The number of benzene rings is 3. The van der Waals surface area contributed by atoms with Crippen LogP contribution in [0.1, 0.15) is 22.3 Å². The maximum absolute atomic E-state index is 12.8. The molecule has 0 unspecified atom stereocenters. The molecular formula is C29H32N2O3. The highest BCUT2D eigenvalue weighted by atomic mass is 16.5. The summed E-state index contributed by atoms with van der Waals surface area (Å²) in [7, 11) is 1.65. The van der Waals surface area contributed by atoms with E-state index >= 15 is 0 Å².